The highest BCUT2D eigenvalue weighted by atomic mass is 16.6. The van der Waals surface area contributed by atoms with Gasteiger partial charge in [-0.15, -0.1) is 0 Å². The maximum absolute atomic E-state index is 11.0. The molecule has 0 radical (unpaired) electrons. The minimum absolute atomic E-state index is 0.158. The lowest BCUT2D eigenvalue weighted by molar-refractivity contribution is -0.384. The number of hydrogen-bond donors (Lipinski definition) is 2. The zero-order valence-electron chi connectivity index (χ0n) is 12.0. The fraction of sp³-hybridized carbons (Fsp3) is 0.417. The van der Waals surface area contributed by atoms with Gasteiger partial charge in [0.15, 0.2) is 0 Å². The van der Waals surface area contributed by atoms with Gasteiger partial charge in [0.1, 0.15) is 12.0 Å². The molecule has 9 heteroatoms. The van der Waals surface area contributed by atoms with Crippen LogP contribution in [0.4, 0.5) is 17.5 Å². The van der Waals surface area contributed by atoms with Crippen LogP contribution in [0.25, 0.3) is 0 Å². The van der Waals surface area contributed by atoms with Gasteiger partial charge in [0, 0.05) is 18.7 Å². The normalized spacial score (nSPS) is 10.4. The zero-order valence-corrected chi connectivity index (χ0v) is 12.0. The van der Waals surface area contributed by atoms with Crippen molar-refractivity contribution in [2.24, 2.45) is 0 Å². The molecule has 2 aromatic heterocycles. The van der Waals surface area contributed by atoms with Crippen molar-refractivity contribution in [3.8, 4) is 0 Å². The zero-order chi connectivity index (χ0) is 15.4. The summed E-state index contributed by atoms with van der Waals surface area (Å²) in [4.78, 5) is 18.5. The summed E-state index contributed by atoms with van der Waals surface area (Å²) in [6, 6.07) is 0. The number of aromatic nitrogens is 3. The molecule has 0 aliphatic carbocycles. The Morgan fingerprint density at radius 3 is 2.71 bits per heavy atom. The van der Waals surface area contributed by atoms with Crippen LogP contribution in [0.1, 0.15) is 23.9 Å². The number of nitrogens with zero attached hydrogens (tertiary/aromatic N) is 4. The molecule has 0 unspecified atom stereocenters. The van der Waals surface area contributed by atoms with Crippen molar-refractivity contribution in [2.45, 2.75) is 27.3 Å². The van der Waals surface area contributed by atoms with Crippen molar-refractivity contribution in [2.75, 3.05) is 17.2 Å². The van der Waals surface area contributed by atoms with Crippen LogP contribution >= 0.6 is 0 Å². The highest BCUT2D eigenvalue weighted by molar-refractivity contribution is 5.57. The van der Waals surface area contributed by atoms with E-state index in [1.165, 1.54) is 6.20 Å². The van der Waals surface area contributed by atoms with Crippen molar-refractivity contribution in [1.29, 1.82) is 0 Å². The van der Waals surface area contributed by atoms with E-state index in [0.29, 0.717) is 24.8 Å². The summed E-state index contributed by atoms with van der Waals surface area (Å²) in [5.74, 6) is 1.17. The second kappa shape index (κ2) is 6.16. The fourth-order valence-electron chi connectivity index (χ4n) is 1.81. The molecule has 2 rings (SSSR count). The first-order chi connectivity index (χ1) is 10.0. The van der Waals surface area contributed by atoms with E-state index in [1.807, 2.05) is 13.8 Å². The maximum atomic E-state index is 11.0. The molecule has 21 heavy (non-hydrogen) atoms. The molecule has 0 fully saturated rings. The van der Waals surface area contributed by atoms with Crippen LogP contribution in [-0.4, -0.2) is 26.6 Å². The van der Waals surface area contributed by atoms with E-state index >= 15 is 0 Å². The number of rotatable bonds is 6. The molecule has 0 spiro atoms. The lowest BCUT2D eigenvalue weighted by atomic mass is 10.2. The lowest BCUT2D eigenvalue weighted by Crippen LogP contribution is -2.09. The predicted octanol–water partition coefficient (Wildman–Crippen LogP) is 2.03. The number of aryl methyl sites for hydroxylation is 2. The quantitative estimate of drug-likeness (QED) is 0.613. The van der Waals surface area contributed by atoms with Gasteiger partial charge in [-0.25, -0.2) is 4.98 Å². The first kappa shape index (κ1) is 14.7. The molecule has 9 nitrogen and oxygen atoms in total. The number of anilines is 2. The third-order valence-corrected chi connectivity index (χ3v) is 2.91. The van der Waals surface area contributed by atoms with Gasteiger partial charge in [0.05, 0.1) is 10.6 Å². The van der Waals surface area contributed by atoms with Gasteiger partial charge in [-0.3, -0.25) is 10.1 Å². The minimum Gasteiger partial charge on any atom is -0.361 e. The van der Waals surface area contributed by atoms with Crippen LogP contribution in [0.15, 0.2) is 10.7 Å². The Morgan fingerprint density at radius 2 is 2.14 bits per heavy atom. The van der Waals surface area contributed by atoms with Crippen molar-refractivity contribution < 1.29 is 9.45 Å². The molecule has 0 atom stereocenters. The van der Waals surface area contributed by atoms with E-state index in [2.05, 4.69) is 25.8 Å². The Bertz CT molecular complexity index is 635. The van der Waals surface area contributed by atoms with Crippen LogP contribution in [0.3, 0.4) is 0 Å². The lowest BCUT2D eigenvalue weighted by Gasteiger charge is -2.08. The van der Waals surface area contributed by atoms with E-state index in [1.54, 1.807) is 6.92 Å². The standard InChI is InChI=1S/C12H16N6O3/c1-4-13-12-15-6-10(18(19)20)11(16-12)14-5-9-7(2)17-21-8(9)3/h6H,4-5H2,1-3H3,(H2,13,14,15,16). The average molecular weight is 292 g/mol. The molecule has 0 saturated carbocycles. The van der Waals surface area contributed by atoms with Crippen LogP contribution in [0, 0.1) is 24.0 Å². The van der Waals surface area contributed by atoms with Gasteiger partial charge in [0.2, 0.25) is 11.8 Å². The molecule has 0 saturated heterocycles. The summed E-state index contributed by atoms with van der Waals surface area (Å²) < 4.78 is 5.05. The van der Waals surface area contributed by atoms with E-state index in [-0.39, 0.29) is 11.5 Å². The van der Waals surface area contributed by atoms with Crippen molar-refractivity contribution >= 4 is 17.5 Å². The second-order valence-corrected chi connectivity index (χ2v) is 4.37. The van der Waals surface area contributed by atoms with E-state index in [4.69, 9.17) is 4.52 Å². The Labute approximate surface area is 120 Å². The number of nitrogens with one attached hydrogen (secondary N) is 2. The summed E-state index contributed by atoms with van der Waals surface area (Å²) in [5, 5.41) is 20.7. The smallest absolute Gasteiger partial charge is 0.329 e. The predicted molar refractivity (Wildman–Crippen MR) is 76.2 cm³/mol. The highest BCUT2D eigenvalue weighted by Crippen LogP contribution is 2.23. The number of hydrogen-bond acceptors (Lipinski definition) is 8. The Balaban J connectivity index is 2.24. The Morgan fingerprint density at radius 1 is 1.38 bits per heavy atom. The number of nitro groups is 1. The Kier molecular flexibility index (Phi) is 4.31. The van der Waals surface area contributed by atoms with Crippen molar-refractivity contribution in [3.05, 3.63) is 33.3 Å². The molecule has 0 amide bonds. The summed E-state index contributed by atoms with van der Waals surface area (Å²) >= 11 is 0. The molecule has 0 aliphatic heterocycles. The van der Waals surface area contributed by atoms with E-state index in [9.17, 15) is 10.1 Å². The van der Waals surface area contributed by atoms with E-state index < -0.39 is 4.92 Å². The van der Waals surface area contributed by atoms with Gasteiger partial charge in [-0.05, 0) is 20.8 Å². The summed E-state index contributed by atoms with van der Waals surface area (Å²) in [6.07, 6.45) is 1.18. The largest absolute Gasteiger partial charge is 0.361 e. The topological polar surface area (TPSA) is 119 Å². The maximum Gasteiger partial charge on any atom is 0.329 e. The van der Waals surface area contributed by atoms with Gasteiger partial charge < -0.3 is 15.2 Å². The summed E-state index contributed by atoms with van der Waals surface area (Å²) in [5.41, 5.74) is 1.42. The van der Waals surface area contributed by atoms with Gasteiger partial charge in [0.25, 0.3) is 0 Å². The molecule has 0 aliphatic rings. The molecule has 0 aromatic carbocycles. The summed E-state index contributed by atoms with van der Waals surface area (Å²) in [7, 11) is 0. The second-order valence-electron chi connectivity index (χ2n) is 4.37. The van der Waals surface area contributed by atoms with Gasteiger partial charge >= 0.3 is 5.69 Å². The monoisotopic (exact) mass is 292 g/mol. The average Bonchev–Trinajstić information content (AvgIpc) is 2.76. The minimum atomic E-state index is -0.522. The van der Waals surface area contributed by atoms with Crippen LogP contribution in [0.5, 0.6) is 0 Å². The Hall–Kier alpha value is -2.71. The summed E-state index contributed by atoms with van der Waals surface area (Å²) in [6.45, 7) is 6.45. The van der Waals surface area contributed by atoms with Gasteiger partial charge in [-0.2, -0.15) is 4.98 Å². The van der Waals surface area contributed by atoms with Gasteiger partial charge in [-0.1, -0.05) is 5.16 Å². The third-order valence-electron chi connectivity index (χ3n) is 2.91. The molecule has 2 aromatic rings. The molecular formula is C12H16N6O3. The highest BCUT2D eigenvalue weighted by Gasteiger charge is 2.18. The molecule has 112 valence electrons. The van der Waals surface area contributed by atoms with Crippen LogP contribution in [0.2, 0.25) is 0 Å². The van der Waals surface area contributed by atoms with Crippen molar-refractivity contribution in [3.63, 3.8) is 0 Å². The van der Waals surface area contributed by atoms with Crippen molar-refractivity contribution in [1.82, 2.24) is 15.1 Å². The molecular weight excluding hydrogens is 276 g/mol. The van der Waals surface area contributed by atoms with Crippen LogP contribution in [-0.2, 0) is 6.54 Å². The molecule has 0 bridgehead atoms. The fourth-order valence-corrected chi connectivity index (χ4v) is 1.81. The first-order valence-corrected chi connectivity index (χ1v) is 6.43. The SMILES string of the molecule is CCNc1ncc([N+](=O)[O-])c(NCc2c(C)noc2C)n1. The molecule has 2 heterocycles. The third kappa shape index (κ3) is 3.25. The van der Waals surface area contributed by atoms with Crippen LogP contribution < -0.4 is 10.6 Å². The van der Waals surface area contributed by atoms with E-state index in [0.717, 1.165) is 11.3 Å². The molecule has 2 N–H and O–H groups in total. The first-order valence-electron chi connectivity index (χ1n) is 6.43.